The van der Waals surface area contributed by atoms with Crippen molar-refractivity contribution in [2.24, 2.45) is 4.99 Å². The highest BCUT2D eigenvalue weighted by atomic mass is 32.2. The number of benzene rings is 2. The van der Waals surface area contributed by atoms with Crippen LogP contribution in [0.15, 0.2) is 52.4 Å². The summed E-state index contributed by atoms with van der Waals surface area (Å²) in [6.07, 6.45) is 1.39. The van der Waals surface area contributed by atoms with Gasteiger partial charge in [0.05, 0.1) is 22.6 Å². The number of aromatic hydroxyl groups is 1. The summed E-state index contributed by atoms with van der Waals surface area (Å²) in [5, 5.41) is 23.7. The van der Waals surface area contributed by atoms with Gasteiger partial charge in [0.2, 0.25) is 0 Å². The molecule has 1 fully saturated rings. The Morgan fingerprint density at radius 1 is 1.31 bits per heavy atom. The molecule has 2 aromatic carbocycles. The maximum absolute atomic E-state index is 12.1. The standard InChI is InChI=1S/C17H13N3O5S/c1-25-13-4-2-3-11(9-13)18-17-19-16(22)15(26-17)8-10-7-12(20(23)24)5-6-14(10)21/h2-9,21H,1H3,(H,18,19,22)/b15-8+. The molecule has 3 rings (SSSR count). The fraction of sp³-hybridized carbons (Fsp3) is 0.0588. The van der Waals surface area contributed by atoms with Crippen molar-refractivity contribution in [3.8, 4) is 11.5 Å². The van der Waals surface area contributed by atoms with Gasteiger partial charge in [0, 0.05) is 23.8 Å². The fourth-order valence-electron chi connectivity index (χ4n) is 2.19. The number of nitrogens with zero attached hydrogens (tertiary/aromatic N) is 2. The second-order valence-corrected chi connectivity index (χ2v) is 6.21. The molecule has 1 saturated heterocycles. The molecule has 1 amide bonds. The lowest BCUT2D eigenvalue weighted by Gasteiger charge is -2.01. The van der Waals surface area contributed by atoms with Crippen LogP contribution in [0.5, 0.6) is 11.5 Å². The fourth-order valence-corrected chi connectivity index (χ4v) is 3.02. The minimum atomic E-state index is -0.570. The number of carbonyl (C=O) groups is 1. The van der Waals surface area contributed by atoms with Gasteiger partial charge in [-0.1, -0.05) is 6.07 Å². The van der Waals surface area contributed by atoms with Gasteiger partial charge in [0.25, 0.3) is 11.6 Å². The van der Waals surface area contributed by atoms with E-state index in [0.717, 1.165) is 11.8 Å². The van der Waals surface area contributed by atoms with Crippen LogP contribution in [0.2, 0.25) is 0 Å². The molecule has 0 unspecified atom stereocenters. The van der Waals surface area contributed by atoms with Crippen LogP contribution in [0.3, 0.4) is 0 Å². The van der Waals surface area contributed by atoms with Crippen LogP contribution >= 0.6 is 11.8 Å². The van der Waals surface area contributed by atoms with Gasteiger partial charge in [0.15, 0.2) is 5.17 Å². The van der Waals surface area contributed by atoms with E-state index in [4.69, 9.17) is 4.74 Å². The monoisotopic (exact) mass is 371 g/mol. The van der Waals surface area contributed by atoms with E-state index in [1.165, 1.54) is 24.3 Å². The largest absolute Gasteiger partial charge is 0.507 e. The summed E-state index contributed by atoms with van der Waals surface area (Å²) in [5.74, 6) is 0.0793. The predicted octanol–water partition coefficient (Wildman–Crippen LogP) is 3.20. The first-order valence-corrected chi connectivity index (χ1v) is 8.19. The van der Waals surface area contributed by atoms with Gasteiger partial charge in [-0.05, 0) is 36.0 Å². The van der Waals surface area contributed by atoms with Crippen molar-refractivity contribution in [3.05, 3.63) is 63.0 Å². The summed E-state index contributed by atoms with van der Waals surface area (Å²) in [5.41, 5.74) is 0.606. The normalized spacial score (nSPS) is 16.7. The van der Waals surface area contributed by atoms with Gasteiger partial charge < -0.3 is 15.2 Å². The van der Waals surface area contributed by atoms with Gasteiger partial charge in [-0.15, -0.1) is 0 Å². The number of amidine groups is 1. The number of methoxy groups -OCH3 is 1. The van der Waals surface area contributed by atoms with Gasteiger partial charge >= 0.3 is 0 Å². The Morgan fingerprint density at radius 2 is 2.12 bits per heavy atom. The third-order valence-electron chi connectivity index (χ3n) is 3.44. The minimum Gasteiger partial charge on any atom is -0.507 e. The summed E-state index contributed by atoms with van der Waals surface area (Å²) in [6.45, 7) is 0. The molecule has 1 heterocycles. The van der Waals surface area contributed by atoms with Crippen molar-refractivity contribution < 1.29 is 19.6 Å². The Balaban J connectivity index is 1.88. The summed E-state index contributed by atoms with van der Waals surface area (Å²) >= 11 is 1.07. The Labute approximate surface area is 152 Å². The molecule has 8 nitrogen and oxygen atoms in total. The highest BCUT2D eigenvalue weighted by molar-refractivity contribution is 8.18. The first kappa shape index (κ1) is 17.5. The van der Waals surface area contributed by atoms with E-state index in [1.54, 1.807) is 31.4 Å². The van der Waals surface area contributed by atoms with E-state index < -0.39 is 10.8 Å². The molecule has 1 aliphatic heterocycles. The lowest BCUT2D eigenvalue weighted by molar-refractivity contribution is -0.384. The number of aliphatic imine (C=N–C) groups is 1. The summed E-state index contributed by atoms with van der Waals surface area (Å²) < 4.78 is 5.13. The van der Waals surface area contributed by atoms with Crippen molar-refractivity contribution in [2.45, 2.75) is 0 Å². The Hall–Kier alpha value is -3.33. The molecule has 132 valence electrons. The molecule has 0 aliphatic carbocycles. The van der Waals surface area contributed by atoms with Crippen molar-refractivity contribution in [1.82, 2.24) is 5.32 Å². The zero-order valence-corrected chi connectivity index (χ0v) is 14.3. The van der Waals surface area contributed by atoms with Crippen LogP contribution in [-0.4, -0.2) is 28.2 Å². The van der Waals surface area contributed by atoms with Crippen molar-refractivity contribution in [1.29, 1.82) is 0 Å². The number of nitro groups is 1. The molecule has 0 bridgehead atoms. The van der Waals surface area contributed by atoms with Gasteiger partial charge in [-0.3, -0.25) is 14.9 Å². The molecule has 0 aromatic heterocycles. The summed E-state index contributed by atoms with van der Waals surface area (Å²) in [4.78, 5) is 27.0. The number of phenolic OH excluding ortho intramolecular Hbond substituents is 1. The number of phenols is 1. The van der Waals surface area contributed by atoms with Crippen LogP contribution in [0.25, 0.3) is 6.08 Å². The van der Waals surface area contributed by atoms with E-state index in [9.17, 15) is 20.0 Å². The number of carbonyl (C=O) groups excluding carboxylic acids is 1. The third kappa shape index (κ3) is 3.83. The van der Waals surface area contributed by atoms with Crippen LogP contribution in [0.1, 0.15) is 5.56 Å². The molecule has 0 radical (unpaired) electrons. The Morgan fingerprint density at radius 3 is 2.85 bits per heavy atom. The molecule has 0 spiro atoms. The van der Waals surface area contributed by atoms with Crippen LogP contribution in [-0.2, 0) is 4.79 Å². The number of thioether (sulfide) groups is 1. The number of rotatable bonds is 4. The lowest BCUT2D eigenvalue weighted by atomic mass is 10.1. The second kappa shape index (κ2) is 7.28. The lowest BCUT2D eigenvalue weighted by Crippen LogP contribution is -2.19. The van der Waals surface area contributed by atoms with Crippen LogP contribution < -0.4 is 10.1 Å². The summed E-state index contributed by atoms with van der Waals surface area (Å²) in [6, 6.07) is 10.6. The molecule has 0 saturated carbocycles. The molecule has 1 aliphatic rings. The van der Waals surface area contributed by atoms with Crippen LogP contribution in [0, 0.1) is 10.1 Å². The first-order valence-electron chi connectivity index (χ1n) is 7.37. The SMILES string of the molecule is COc1cccc(N=C2NC(=O)/C(=C\c3cc([N+](=O)[O-])ccc3O)S2)c1. The minimum absolute atomic E-state index is 0.158. The number of ether oxygens (including phenoxy) is 1. The highest BCUT2D eigenvalue weighted by Gasteiger charge is 2.24. The Bertz CT molecular complexity index is 955. The van der Waals surface area contributed by atoms with Crippen molar-refractivity contribution in [3.63, 3.8) is 0 Å². The molecule has 2 N–H and O–H groups in total. The van der Waals surface area contributed by atoms with E-state index in [-0.39, 0.29) is 21.9 Å². The second-order valence-electron chi connectivity index (χ2n) is 5.18. The molecular weight excluding hydrogens is 358 g/mol. The predicted molar refractivity (Wildman–Crippen MR) is 98.6 cm³/mol. The zero-order valence-electron chi connectivity index (χ0n) is 13.5. The molecular formula is C17H13N3O5S. The first-order chi connectivity index (χ1) is 12.5. The topological polar surface area (TPSA) is 114 Å². The maximum atomic E-state index is 12.1. The average molecular weight is 371 g/mol. The van der Waals surface area contributed by atoms with E-state index in [2.05, 4.69) is 10.3 Å². The molecule has 9 heteroatoms. The molecule has 0 atom stereocenters. The zero-order chi connectivity index (χ0) is 18.7. The number of hydrogen-bond donors (Lipinski definition) is 2. The third-order valence-corrected chi connectivity index (χ3v) is 4.35. The number of hydrogen-bond acceptors (Lipinski definition) is 7. The number of non-ortho nitro benzene ring substituents is 1. The van der Waals surface area contributed by atoms with Gasteiger partial charge in [0.1, 0.15) is 11.5 Å². The van der Waals surface area contributed by atoms with Crippen molar-refractivity contribution in [2.75, 3.05) is 7.11 Å². The van der Waals surface area contributed by atoms with Crippen LogP contribution in [0.4, 0.5) is 11.4 Å². The molecule has 2 aromatic rings. The number of nitrogens with one attached hydrogen (secondary N) is 1. The quantitative estimate of drug-likeness (QED) is 0.485. The van der Waals surface area contributed by atoms with E-state index in [0.29, 0.717) is 16.6 Å². The smallest absolute Gasteiger partial charge is 0.270 e. The maximum Gasteiger partial charge on any atom is 0.270 e. The highest BCUT2D eigenvalue weighted by Crippen LogP contribution is 2.32. The number of nitro benzene ring substituents is 1. The number of amides is 1. The average Bonchev–Trinajstić information content (AvgIpc) is 2.95. The van der Waals surface area contributed by atoms with Gasteiger partial charge in [-0.2, -0.15) is 0 Å². The van der Waals surface area contributed by atoms with E-state index >= 15 is 0 Å². The van der Waals surface area contributed by atoms with Gasteiger partial charge in [-0.25, -0.2) is 4.99 Å². The molecule has 26 heavy (non-hydrogen) atoms. The Kier molecular flexibility index (Phi) is 4.90. The summed E-state index contributed by atoms with van der Waals surface area (Å²) in [7, 11) is 1.55. The van der Waals surface area contributed by atoms with Crippen molar-refractivity contribution >= 4 is 40.3 Å². The van der Waals surface area contributed by atoms with E-state index in [1.807, 2.05) is 0 Å².